The first-order chi connectivity index (χ1) is 11.8. The highest BCUT2D eigenvalue weighted by Gasteiger charge is 2.47. The van der Waals surface area contributed by atoms with Crippen molar-refractivity contribution in [3.63, 3.8) is 0 Å². The van der Waals surface area contributed by atoms with Crippen LogP contribution in [0.25, 0.3) is 0 Å². The summed E-state index contributed by atoms with van der Waals surface area (Å²) in [5.41, 5.74) is 0.139. The van der Waals surface area contributed by atoms with Gasteiger partial charge in [0.1, 0.15) is 6.04 Å². The second-order valence-electron chi connectivity index (χ2n) is 6.77. The number of fused-ring (bicyclic) bond motifs is 1. The van der Waals surface area contributed by atoms with Gasteiger partial charge in [0.05, 0.1) is 18.2 Å². The van der Waals surface area contributed by atoms with Crippen molar-refractivity contribution in [1.29, 1.82) is 0 Å². The van der Waals surface area contributed by atoms with Gasteiger partial charge in [0.25, 0.3) is 5.91 Å². The lowest BCUT2D eigenvalue weighted by Gasteiger charge is -2.32. The van der Waals surface area contributed by atoms with E-state index in [1.807, 2.05) is 0 Å². The van der Waals surface area contributed by atoms with Gasteiger partial charge in [-0.25, -0.2) is 4.79 Å². The summed E-state index contributed by atoms with van der Waals surface area (Å²) in [7, 11) is 0. The smallest absolute Gasteiger partial charge is 0.390 e. The van der Waals surface area contributed by atoms with Crippen LogP contribution in [0.2, 0.25) is 0 Å². The number of alkyl halides is 3. The molecule has 3 atom stereocenters. The molecule has 138 valence electrons. The summed E-state index contributed by atoms with van der Waals surface area (Å²) in [5.74, 6) is -1.31. The zero-order valence-electron chi connectivity index (χ0n) is 13.6. The third-order valence-corrected chi connectivity index (χ3v) is 5.11. The fourth-order valence-corrected chi connectivity index (χ4v) is 3.96. The Morgan fingerprint density at radius 1 is 1.28 bits per heavy atom. The lowest BCUT2D eigenvalue weighted by Crippen LogP contribution is -2.46. The molecule has 0 aromatic carbocycles. The molecule has 1 amide bonds. The van der Waals surface area contributed by atoms with Gasteiger partial charge in [-0.2, -0.15) is 18.3 Å². The van der Waals surface area contributed by atoms with Crippen LogP contribution in [0.1, 0.15) is 48.9 Å². The van der Waals surface area contributed by atoms with Gasteiger partial charge < -0.3 is 10.0 Å². The van der Waals surface area contributed by atoms with Crippen molar-refractivity contribution in [2.24, 2.45) is 5.92 Å². The van der Waals surface area contributed by atoms with Crippen LogP contribution >= 0.6 is 0 Å². The Hall–Kier alpha value is -2.06. The van der Waals surface area contributed by atoms with Crippen LogP contribution in [0.4, 0.5) is 13.2 Å². The summed E-state index contributed by atoms with van der Waals surface area (Å²) >= 11 is 0. The lowest BCUT2D eigenvalue weighted by atomic mass is 9.84. The molecule has 3 rings (SSSR count). The molecule has 1 aromatic rings. The Bertz CT molecular complexity index is 659. The number of nitrogens with zero attached hydrogens (tertiary/aromatic N) is 3. The summed E-state index contributed by atoms with van der Waals surface area (Å²) in [6.45, 7) is -0.370. The number of amides is 1. The molecule has 1 saturated carbocycles. The van der Waals surface area contributed by atoms with Crippen LogP contribution in [-0.4, -0.2) is 49.9 Å². The van der Waals surface area contributed by atoms with Gasteiger partial charge in [-0.05, 0) is 25.2 Å². The molecule has 1 aromatic heterocycles. The molecule has 1 saturated heterocycles. The number of aliphatic carboxylic acids is 1. The number of carbonyl (C=O) groups excluding carboxylic acids is 1. The van der Waals surface area contributed by atoms with E-state index < -0.39 is 30.5 Å². The van der Waals surface area contributed by atoms with Crippen LogP contribution < -0.4 is 0 Å². The van der Waals surface area contributed by atoms with E-state index in [4.69, 9.17) is 0 Å². The predicted molar refractivity (Wildman–Crippen MR) is 80.9 cm³/mol. The molecule has 1 N–H and O–H groups in total. The van der Waals surface area contributed by atoms with Crippen molar-refractivity contribution < 1.29 is 27.9 Å². The molecule has 1 aliphatic carbocycles. The van der Waals surface area contributed by atoms with Crippen molar-refractivity contribution in [1.82, 2.24) is 14.7 Å². The van der Waals surface area contributed by atoms with Crippen LogP contribution in [0, 0.1) is 5.92 Å². The molecule has 1 aliphatic heterocycles. The van der Waals surface area contributed by atoms with E-state index in [0.717, 1.165) is 30.4 Å². The second-order valence-corrected chi connectivity index (χ2v) is 6.77. The molecule has 0 bridgehead atoms. The van der Waals surface area contributed by atoms with E-state index in [1.165, 1.54) is 17.3 Å². The highest BCUT2D eigenvalue weighted by atomic mass is 19.4. The molecule has 2 heterocycles. The number of likely N-dealkylation sites (tertiary alicyclic amines) is 1. The van der Waals surface area contributed by atoms with Crippen LogP contribution in [0.5, 0.6) is 0 Å². The number of aryl methyl sites for hydroxylation is 1. The number of hydrogen-bond acceptors (Lipinski definition) is 3. The Kier molecular flexibility index (Phi) is 4.75. The number of halogens is 3. The first kappa shape index (κ1) is 17.8. The van der Waals surface area contributed by atoms with E-state index in [0.29, 0.717) is 6.42 Å². The van der Waals surface area contributed by atoms with Crippen molar-refractivity contribution in [3.05, 3.63) is 18.0 Å². The number of aromatic nitrogens is 2. The number of carboxylic acids is 1. The number of hydrogen-bond donors (Lipinski definition) is 1. The second kappa shape index (κ2) is 6.68. The summed E-state index contributed by atoms with van der Waals surface area (Å²) in [4.78, 5) is 25.8. The average Bonchev–Trinajstić information content (AvgIpc) is 3.16. The van der Waals surface area contributed by atoms with E-state index >= 15 is 0 Å². The predicted octanol–water partition coefficient (Wildman–Crippen LogP) is 2.69. The maximum Gasteiger partial charge on any atom is 0.390 e. The minimum atomic E-state index is -4.30. The largest absolute Gasteiger partial charge is 0.480 e. The summed E-state index contributed by atoms with van der Waals surface area (Å²) < 4.78 is 38.0. The monoisotopic (exact) mass is 359 g/mol. The zero-order chi connectivity index (χ0) is 18.2. The molecule has 0 spiro atoms. The Morgan fingerprint density at radius 3 is 2.68 bits per heavy atom. The number of carboxylic acid groups (broad SMARTS) is 1. The number of carbonyl (C=O) groups is 2. The van der Waals surface area contributed by atoms with E-state index in [9.17, 15) is 27.9 Å². The molecule has 0 radical (unpaired) electrons. The average molecular weight is 359 g/mol. The molecule has 2 fully saturated rings. The quantitative estimate of drug-likeness (QED) is 0.897. The SMILES string of the molecule is O=C(O)C1CC2CCCCC2N1C(=O)c1cnn(CCC(F)(F)F)c1. The van der Waals surface area contributed by atoms with Gasteiger partial charge in [0.2, 0.25) is 0 Å². The first-order valence-electron chi connectivity index (χ1n) is 8.41. The third-order valence-electron chi connectivity index (χ3n) is 5.11. The maximum atomic E-state index is 12.8. The van der Waals surface area contributed by atoms with Gasteiger partial charge in [-0.15, -0.1) is 0 Å². The van der Waals surface area contributed by atoms with E-state index in [2.05, 4.69) is 5.10 Å². The van der Waals surface area contributed by atoms with E-state index in [-0.39, 0.29) is 24.1 Å². The number of rotatable bonds is 4. The summed E-state index contributed by atoms with van der Waals surface area (Å²) in [5, 5.41) is 13.3. The third kappa shape index (κ3) is 3.80. The topological polar surface area (TPSA) is 75.4 Å². The molecule has 9 heteroatoms. The van der Waals surface area contributed by atoms with Crippen LogP contribution in [0.15, 0.2) is 12.4 Å². The highest BCUT2D eigenvalue weighted by Crippen LogP contribution is 2.40. The van der Waals surface area contributed by atoms with E-state index in [1.54, 1.807) is 0 Å². The van der Waals surface area contributed by atoms with Crippen LogP contribution in [-0.2, 0) is 11.3 Å². The molecule has 3 unspecified atom stereocenters. The first-order valence-corrected chi connectivity index (χ1v) is 8.41. The van der Waals surface area contributed by atoms with Gasteiger partial charge in [-0.1, -0.05) is 12.8 Å². The summed E-state index contributed by atoms with van der Waals surface area (Å²) in [6.07, 6.45) is 1.24. The minimum Gasteiger partial charge on any atom is -0.480 e. The zero-order valence-corrected chi connectivity index (χ0v) is 13.6. The normalized spacial score (nSPS) is 26.5. The van der Waals surface area contributed by atoms with Gasteiger partial charge in [0, 0.05) is 18.8 Å². The standard InChI is InChI=1S/C16H20F3N3O3/c17-16(18,19)5-6-21-9-11(8-20-21)14(23)22-12-4-2-1-3-10(12)7-13(22)15(24)25/h8-10,12-13H,1-7H2,(H,24,25). The fraction of sp³-hybridized carbons (Fsp3) is 0.688. The fourth-order valence-electron chi connectivity index (χ4n) is 3.96. The Balaban J connectivity index is 1.76. The van der Waals surface area contributed by atoms with Gasteiger partial charge >= 0.3 is 12.1 Å². The molecule has 2 aliphatic rings. The van der Waals surface area contributed by atoms with Crippen molar-refractivity contribution >= 4 is 11.9 Å². The van der Waals surface area contributed by atoms with Gasteiger partial charge in [0.15, 0.2) is 0 Å². The molecular weight excluding hydrogens is 339 g/mol. The molecule has 25 heavy (non-hydrogen) atoms. The van der Waals surface area contributed by atoms with Crippen LogP contribution in [0.3, 0.4) is 0 Å². The molecular formula is C16H20F3N3O3. The molecule has 6 nitrogen and oxygen atoms in total. The highest BCUT2D eigenvalue weighted by molar-refractivity contribution is 5.96. The van der Waals surface area contributed by atoms with Crippen molar-refractivity contribution in [2.45, 2.75) is 63.3 Å². The van der Waals surface area contributed by atoms with Gasteiger partial charge in [-0.3, -0.25) is 9.48 Å². The Labute approximate surface area is 142 Å². The maximum absolute atomic E-state index is 12.8. The van der Waals surface area contributed by atoms with Crippen molar-refractivity contribution in [2.75, 3.05) is 0 Å². The lowest BCUT2D eigenvalue weighted by molar-refractivity contribution is -0.142. The Morgan fingerprint density at radius 2 is 2.00 bits per heavy atom. The summed E-state index contributed by atoms with van der Waals surface area (Å²) in [6, 6.07) is -0.986. The minimum absolute atomic E-state index is 0.110. The van der Waals surface area contributed by atoms with Crippen molar-refractivity contribution in [3.8, 4) is 0 Å².